The summed E-state index contributed by atoms with van der Waals surface area (Å²) >= 11 is 0. The zero-order valence-electron chi connectivity index (χ0n) is 17.2. The van der Waals surface area contributed by atoms with Crippen LogP contribution >= 0.6 is 0 Å². The topological polar surface area (TPSA) is 85.4 Å². The number of pyridine rings is 1. The van der Waals surface area contributed by atoms with Crippen LogP contribution in [0.3, 0.4) is 0 Å². The largest absolute Gasteiger partial charge is 0.494 e. The third kappa shape index (κ3) is 3.72. The van der Waals surface area contributed by atoms with Crippen molar-refractivity contribution >= 4 is 22.9 Å². The van der Waals surface area contributed by atoms with Gasteiger partial charge in [0.2, 0.25) is 0 Å². The fourth-order valence-electron chi connectivity index (χ4n) is 4.01. The number of imidazole rings is 1. The number of nitrogens with zero attached hydrogens (tertiary/aromatic N) is 4. The van der Waals surface area contributed by atoms with Crippen LogP contribution in [0.5, 0.6) is 5.75 Å². The number of hydrogen-bond acceptors (Lipinski definition) is 5. The Bertz CT molecular complexity index is 1180. The van der Waals surface area contributed by atoms with Crippen LogP contribution in [0.15, 0.2) is 65.6 Å². The first-order chi connectivity index (χ1) is 15.2. The Morgan fingerprint density at radius 3 is 2.90 bits per heavy atom. The SMILES string of the molecule is CCOc1ccc(NC(=O)N2CC[C@H](n3c(-c4ccoc4)nc4cccnc43)C2)cc1. The number of aromatic nitrogens is 3. The van der Waals surface area contributed by atoms with Crippen LogP contribution in [0.25, 0.3) is 22.6 Å². The Kier molecular flexibility index (Phi) is 5.03. The van der Waals surface area contributed by atoms with Crippen molar-refractivity contribution in [2.45, 2.75) is 19.4 Å². The highest BCUT2D eigenvalue weighted by molar-refractivity contribution is 5.89. The Hall–Kier alpha value is -3.81. The molecule has 1 aliphatic heterocycles. The van der Waals surface area contributed by atoms with Gasteiger partial charge in [0, 0.05) is 25.0 Å². The summed E-state index contributed by atoms with van der Waals surface area (Å²) in [6.45, 7) is 3.79. The molecule has 31 heavy (non-hydrogen) atoms. The van der Waals surface area contributed by atoms with Crippen molar-refractivity contribution in [3.8, 4) is 17.1 Å². The lowest BCUT2D eigenvalue weighted by atomic mass is 10.2. The number of carbonyl (C=O) groups excluding carboxylic acids is 1. The van der Waals surface area contributed by atoms with Crippen LogP contribution in [-0.2, 0) is 0 Å². The number of fused-ring (bicyclic) bond motifs is 1. The van der Waals surface area contributed by atoms with Crippen LogP contribution in [0, 0.1) is 0 Å². The van der Waals surface area contributed by atoms with Gasteiger partial charge in [-0.2, -0.15) is 0 Å². The van der Waals surface area contributed by atoms with Crippen LogP contribution < -0.4 is 10.1 Å². The number of likely N-dealkylation sites (tertiary alicyclic amines) is 1. The number of urea groups is 1. The van der Waals surface area contributed by atoms with Crippen molar-refractivity contribution in [1.82, 2.24) is 19.4 Å². The van der Waals surface area contributed by atoms with E-state index in [9.17, 15) is 4.79 Å². The Morgan fingerprint density at radius 2 is 2.13 bits per heavy atom. The molecule has 1 fully saturated rings. The van der Waals surface area contributed by atoms with Gasteiger partial charge < -0.3 is 23.9 Å². The molecule has 8 heteroatoms. The van der Waals surface area contributed by atoms with E-state index in [1.54, 1.807) is 18.7 Å². The average Bonchev–Trinajstić information content (AvgIpc) is 3.53. The molecule has 0 saturated carbocycles. The van der Waals surface area contributed by atoms with E-state index in [0.29, 0.717) is 19.7 Å². The van der Waals surface area contributed by atoms with Gasteiger partial charge in [0.25, 0.3) is 0 Å². The number of carbonyl (C=O) groups is 1. The van der Waals surface area contributed by atoms with E-state index in [2.05, 4.69) is 14.9 Å². The van der Waals surface area contributed by atoms with Crippen LogP contribution in [0.4, 0.5) is 10.5 Å². The molecule has 1 atom stereocenters. The van der Waals surface area contributed by atoms with Gasteiger partial charge in [-0.1, -0.05) is 0 Å². The normalized spacial score (nSPS) is 16.0. The monoisotopic (exact) mass is 417 g/mol. The molecule has 1 N–H and O–H groups in total. The third-order valence-corrected chi connectivity index (χ3v) is 5.46. The number of furan rings is 1. The second-order valence-corrected chi connectivity index (χ2v) is 7.44. The number of anilines is 1. The van der Waals surface area contributed by atoms with E-state index >= 15 is 0 Å². The van der Waals surface area contributed by atoms with Gasteiger partial charge in [0.05, 0.1) is 24.5 Å². The second kappa shape index (κ2) is 8.14. The number of rotatable bonds is 5. The van der Waals surface area contributed by atoms with Gasteiger partial charge in [0.15, 0.2) is 5.65 Å². The summed E-state index contributed by atoms with van der Waals surface area (Å²) in [6, 6.07) is 13.1. The lowest BCUT2D eigenvalue weighted by Crippen LogP contribution is -2.33. The van der Waals surface area contributed by atoms with E-state index in [0.717, 1.165) is 40.4 Å². The van der Waals surface area contributed by atoms with Gasteiger partial charge in [0.1, 0.15) is 23.4 Å². The highest BCUT2D eigenvalue weighted by atomic mass is 16.5. The van der Waals surface area contributed by atoms with E-state index in [4.69, 9.17) is 14.1 Å². The first kappa shape index (κ1) is 19.2. The minimum Gasteiger partial charge on any atom is -0.494 e. The lowest BCUT2D eigenvalue weighted by Gasteiger charge is -2.19. The smallest absolute Gasteiger partial charge is 0.321 e. The maximum absolute atomic E-state index is 12.8. The summed E-state index contributed by atoms with van der Waals surface area (Å²) in [4.78, 5) is 24.0. The first-order valence-corrected chi connectivity index (χ1v) is 10.4. The molecular formula is C23H23N5O3. The molecule has 0 radical (unpaired) electrons. The summed E-state index contributed by atoms with van der Waals surface area (Å²) in [5.41, 5.74) is 3.29. The van der Waals surface area contributed by atoms with Gasteiger partial charge in [-0.05, 0) is 55.8 Å². The summed E-state index contributed by atoms with van der Waals surface area (Å²) < 4.78 is 12.9. The number of hydrogen-bond donors (Lipinski definition) is 1. The second-order valence-electron chi connectivity index (χ2n) is 7.44. The lowest BCUT2D eigenvalue weighted by molar-refractivity contribution is 0.221. The van der Waals surface area contributed by atoms with E-state index in [-0.39, 0.29) is 12.1 Å². The van der Waals surface area contributed by atoms with Crippen LogP contribution in [0.1, 0.15) is 19.4 Å². The van der Waals surface area contributed by atoms with E-state index in [1.807, 2.05) is 54.3 Å². The summed E-state index contributed by atoms with van der Waals surface area (Å²) in [5, 5.41) is 2.97. The number of nitrogens with one attached hydrogen (secondary N) is 1. The number of benzene rings is 1. The van der Waals surface area contributed by atoms with Crippen molar-refractivity contribution in [3.63, 3.8) is 0 Å². The van der Waals surface area contributed by atoms with Gasteiger partial charge >= 0.3 is 6.03 Å². The minimum absolute atomic E-state index is 0.0795. The van der Waals surface area contributed by atoms with Crippen molar-refractivity contribution in [3.05, 3.63) is 61.2 Å². The predicted molar refractivity (Wildman–Crippen MR) is 117 cm³/mol. The highest BCUT2D eigenvalue weighted by Crippen LogP contribution is 2.32. The molecule has 1 aliphatic rings. The fraction of sp³-hybridized carbons (Fsp3) is 0.261. The quantitative estimate of drug-likeness (QED) is 0.514. The molecule has 3 aromatic heterocycles. The van der Waals surface area contributed by atoms with Crippen molar-refractivity contribution in [2.24, 2.45) is 0 Å². The molecule has 0 bridgehead atoms. The summed E-state index contributed by atoms with van der Waals surface area (Å²) in [6.07, 6.45) is 5.91. The third-order valence-electron chi connectivity index (χ3n) is 5.46. The standard InChI is InChI=1S/C23H23N5O3/c1-2-31-19-7-5-17(6-8-19)25-23(29)27-12-9-18(14-27)28-21(16-10-13-30-15-16)26-20-4-3-11-24-22(20)28/h3-8,10-11,13,15,18H,2,9,12,14H2,1H3,(H,25,29)/t18-/m0/s1. The zero-order chi connectivity index (χ0) is 21.2. The summed E-state index contributed by atoms with van der Waals surface area (Å²) in [7, 11) is 0. The molecule has 1 aromatic carbocycles. The minimum atomic E-state index is -0.117. The molecule has 5 rings (SSSR count). The van der Waals surface area contributed by atoms with Crippen LogP contribution in [-0.4, -0.2) is 45.2 Å². The molecule has 4 heterocycles. The Balaban J connectivity index is 1.35. The van der Waals surface area contributed by atoms with E-state index in [1.165, 1.54) is 0 Å². The number of amides is 2. The van der Waals surface area contributed by atoms with Crippen LogP contribution in [0.2, 0.25) is 0 Å². The van der Waals surface area contributed by atoms with Crippen molar-refractivity contribution in [1.29, 1.82) is 0 Å². The molecule has 0 aliphatic carbocycles. The molecule has 1 saturated heterocycles. The average molecular weight is 417 g/mol. The molecule has 0 unspecified atom stereocenters. The van der Waals surface area contributed by atoms with Crippen molar-refractivity contribution in [2.75, 3.05) is 25.0 Å². The van der Waals surface area contributed by atoms with Gasteiger partial charge in [-0.15, -0.1) is 0 Å². The fourth-order valence-corrected chi connectivity index (χ4v) is 4.01. The Labute approximate surface area is 179 Å². The molecule has 2 amide bonds. The van der Waals surface area contributed by atoms with Gasteiger partial charge in [-0.3, -0.25) is 0 Å². The number of ether oxygens (including phenoxy) is 1. The van der Waals surface area contributed by atoms with Gasteiger partial charge in [-0.25, -0.2) is 14.8 Å². The molecule has 0 spiro atoms. The van der Waals surface area contributed by atoms with Crippen molar-refractivity contribution < 1.29 is 13.9 Å². The Morgan fingerprint density at radius 1 is 1.26 bits per heavy atom. The maximum atomic E-state index is 12.8. The maximum Gasteiger partial charge on any atom is 0.321 e. The molecule has 158 valence electrons. The highest BCUT2D eigenvalue weighted by Gasteiger charge is 2.31. The van der Waals surface area contributed by atoms with E-state index < -0.39 is 0 Å². The molecular weight excluding hydrogens is 394 g/mol. The predicted octanol–water partition coefficient (Wildman–Crippen LogP) is 4.57. The first-order valence-electron chi connectivity index (χ1n) is 10.4. The molecule has 8 nitrogen and oxygen atoms in total. The summed E-state index contributed by atoms with van der Waals surface area (Å²) in [5.74, 6) is 1.59. The zero-order valence-corrected chi connectivity index (χ0v) is 17.2. The molecule has 4 aromatic rings.